The first-order valence-electron chi connectivity index (χ1n) is 22.3. The molecular weight excluding hydrogens is 921 g/mol. The van der Waals surface area contributed by atoms with E-state index in [0.717, 1.165) is 0 Å². The highest BCUT2D eigenvalue weighted by Gasteiger charge is 2.65. The second-order valence-corrected chi connectivity index (χ2v) is 16.1. The van der Waals surface area contributed by atoms with Gasteiger partial charge in [0.1, 0.15) is 18.8 Å². The predicted octanol–water partition coefficient (Wildman–Crippen LogP) is 5.79. The summed E-state index contributed by atoms with van der Waals surface area (Å²) >= 11 is 0. The van der Waals surface area contributed by atoms with Crippen LogP contribution in [0.5, 0.6) is 0 Å². The maximum Gasteiger partial charge on any atom is 0.338 e. The lowest BCUT2D eigenvalue weighted by Gasteiger charge is -2.46. The molecule has 2 fully saturated rings. The Morgan fingerprint density at radius 2 is 0.718 bits per heavy atom. The van der Waals surface area contributed by atoms with Crippen LogP contribution in [0.3, 0.4) is 0 Å². The lowest BCUT2D eigenvalue weighted by molar-refractivity contribution is -0.380. The molecule has 0 saturated carbocycles. The van der Waals surface area contributed by atoms with Crippen LogP contribution in [-0.4, -0.2) is 121 Å². The van der Waals surface area contributed by atoms with E-state index in [1.54, 1.807) is 109 Å². The number of ether oxygens (including phenoxy) is 9. The van der Waals surface area contributed by atoms with Crippen LogP contribution in [0, 0.1) is 0 Å². The third-order valence-corrected chi connectivity index (χ3v) is 11.4. The minimum absolute atomic E-state index is 0.00292. The third kappa shape index (κ3) is 11.7. The second kappa shape index (κ2) is 23.0. The van der Waals surface area contributed by atoms with E-state index in [4.69, 9.17) is 42.6 Å². The molecule has 0 aromatic heterocycles. The summed E-state index contributed by atoms with van der Waals surface area (Å²) in [5.74, 6) is -8.59. The Bertz CT molecular complexity index is 2750. The van der Waals surface area contributed by atoms with Crippen LogP contribution < -0.4 is 0 Å². The van der Waals surface area contributed by atoms with Crippen LogP contribution in [0.25, 0.3) is 0 Å². The zero-order valence-corrected chi connectivity index (χ0v) is 37.6. The Morgan fingerprint density at radius 1 is 0.394 bits per heavy atom. The Kier molecular flexibility index (Phi) is 16.0. The first kappa shape index (κ1) is 49.4. The molecule has 17 nitrogen and oxygen atoms in total. The lowest BCUT2D eigenvalue weighted by atomic mass is 9.97. The van der Waals surface area contributed by atoms with Gasteiger partial charge in [0.05, 0.1) is 46.6 Å². The molecule has 2 N–H and O–H groups in total. The molecule has 2 aliphatic rings. The van der Waals surface area contributed by atoms with E-state index in [1.165, 1.54) is 72.8 Å². The van der Waals surface area contributed by atoms with Crippen molar-refractivity contribution in [3.8, 4) is 0 Å². The van der Waals surface area contributed by atoms with Crippen molar-refractivity contribution in [1.82, 2.24) is 0 Å². The molecule has 17 heteroatoms. The van der Waals surface area contributed by atoms with Crippen molar-refractivity contribution in [2.75, 3.05) is 19.8 Å². The molecule has 0 spiro atoms. The van der Waals surface area contributed by atoms with Crippen LogP contribution in [0.2, 0.25) is 0 Å². The Balaban J connectivity index is 1.27. The average molecular weight is 967 g/mol. The normalized spacial score (nSPS) is 23.6. The molecule has 71 heavy (non-hydrogen) atoms. The maximum absolute atomic E-state index is 14.2. The predicted molar refractivity (Wildman–Crippen MR) is 246 cm³/mol. The molecule has 9 atom stereocenters. The van der Waals surface area contributed by atoms with Crippen molar-refractivity contribution >= 4 is 35.8 Å². The fraction of sp³-hybridized carbons (Fsp3) is 0.222. The molecule has 6 aromatic rings. The third-order valence-electron chi connectivity index (χ3n) is 11.4. The molecule has 2 aliphatic heterocycles. The number of aliphatic hydroxyl groups excluding tert-OH is 2. The molecule has 2 saturated heterocycles. The number of carbonyl (C=O) groups is 6. The number of aliphatic hydroxyl groups is 2. The second-order valence-electron chi connectivity index (χ2n) is 16.1. The molecular formula is C54H46O17. The lowest BCUT2D eigenvalue weighted by Crippen LogP contribution is -2.65. The number of esters is 6. The van der Waals surface area contributed by atoms with Crippen molar-refractivity contribution < 1.29 is 81.6 Å². The van der Waals surface area contributed by atoms with Crippen molar-refractivity contribution in [2.45, 2.75) is 54.8 Å². The van der Waals surface area contributed by atoms with Gasteiger partial charge in [0, 0.05) is 0 Å². The van der Waals surface area contributed by atoms with E-state index in [2.05, 4.69) is 0 Å². The summed E-state index contributed by atoms with van der Waals surface area (Å²) in [6.07, 6.45) is -14.8. The Morgan fingerprint density at radius 3 is 1.10 bits per heavy atom. The Labute approximate surface area is 406 Å². The largest absolute Gasteiger partial charge is 0.456 e. The topological polar surface area (TPSA) is 226 Å². The van der Waals surface area contributed by atoms with Crippen molar-refractivity contribution in [1.29, 1.82) is 0 Å². The van der Waals surface area contributed by atoms with Crippen molar-refractivity contribution in [3.05, 3.63) is 215 Å². The van der Waals surface area contributed by atoms with E-state index in [9.17, 15) is 39.0 Å². The highest BCUT2D eigenvalue weighted by molar-refractivity contribution is 5.92. The standard InChI is InChI=1S/C54H46O17/c55-31-40-42(65-48(58)35-21-9-2-10-22-35)44(67-50(60)37-25-13-4-14-26-37)45(68-51(61)38-27-15-5-16-28-38)53(64-40)71-54(33-63-47(57)34-19-7-1-8-20-34)46(69-52(62)39-29-17-6-18-30-39)43(41(32-56)70-54)66-49(59)36-23-11-3-12-24-36/h1-30,40-46,53,55-56H,31-33H2/t40?,41-,42-,43?,44+,45?,46-,53-,54-/m1/s1. The van der Waals surface area contributed by atoms with Crippen LogP contribution in [0.1, 0.15) is 62.1 Å². The van der Waals surface area contributed by atoms with Gasteiger partial charge in [0.25, 0.3) is 0 Å². The highest BCUT2D eigenvalue weighted by atomic mass is 16.8. The quantitative estimate of drug-likeness (QED) is 0.0814. The van der Waals surface area contributed by atoms with Gasteiger partial charge in [-0.3, -0.25) is 0 Å². The summed E-state index contributed by atoms with van der Waals surface area (Å²) in [7, 11) is 0. The molecule has 0 bridgehead atoms. The number of hydrogen-bond acceptors (Lipinski definition) is 17. The SMILES string of the molecule is O=C(OC[C@]1(O[C@H]2OC(CO)[C@@H](OC(=O)c3ccccc3)[C@H](OC(=O)c3ccccc3)C2OC(=O)c2ccccc2)O[C@H](CO)C(OC(=O)c2ccccc2)[C@H]1OC(=O)c1ccccc1)c1ccccc1. The van der Waals surface area contributed by atoms with Gasteiger partial charge in [-0.1, -0.05) is 109 Å². The minimum Gasteiger partial charge on any atom is -0.456 e. The summed E-state index contributed by atoms with van der Waals surface area (Å²) in [4.78, 5) is 84.1. The number of benzene rings is 6. The smallest absolute Gasteiger partial charge is 0.338 e. The molecule has 6 aromatic carbocycles. The molecule has 2 heterocycles. The molecule has 8 rings (SSSR count). The van der Waals surface area contributed by atoms with Crippen LogP contribution in [-0.2, 0) is 42.6 Å². The first-order valence-corrected chi connectivity index (χ1v) is 22.3. The summed E-state index contributed by atoms with van der Waals surface area (Å²) in [6.45, 7) is -2.89. The molecule has 364 valence electrons. The molecule has 0 amide bonds. The number of hydrogen-bond donors (Lipinski definition) is 2. The van der Waals surface area contributed by atoms with Crippen molar-refractivity contribution in [3.63, 3.8) is 0 Å². The first-order chi connectivity index (χ1) is 34.6. The van der Waals surface area contributed by atoms with Gasteiger partial charge < -0.3 is 52.8 Å². The summed E-state index contributed by atoms with van der Waals surface area (Å²) in [5, 5.41) is 22.0. The maximum atomic E-state index is 14.2. The van der Waals surface area contributed by atoms with Gasteiger partial charge in [0.2, 0.25) is 12.1 Å². The van der Waals surface area contributed by atoms with Crippen LogP contribution >= 0.6 is 0 Å². The van der Waals surface area contributed by atoms with Crippen LogP contribution in [0.15, 0.2) is 182 Å². The van der Waals surface area contributed by atoms with Gasteiger partial charge in [0.15, 0.2) is 30.5 Å². The molecule has 3 unspecified atom stereocenters. The molecule has 0 aliphatic carbocycles. The van der Waals surface area contributed by atoms with Gasteiger partial charge in [-0.05, 0) is 72.8 Å². The summed E-state index contributed by atoms with van der Waals surface area (Å²) in [6, 6.07) is 46.1. The van der Waals surface area contributed by atoms with Crippen LogP contribution in [0.4, 0.5) is 0 Å². The van der Waals surface area contributed by atoms with Gasteiger partial charge in [-0.2, -0.15) is 0 Å². The van der Waals surface area contributed by atoms with Gasteiger partial charge in [-0.25, -0.2) is 28.8 Å². The van der Waals surface area contributed by atoms with E-state index in [1.807, 2.05) is 0 Å². The highest BCUT2D eigenvalue weighted by Crippen LogP contribution is 2.42. The average Bonchev–Trinajstić information content (AvgIpc) is 3.70. The summed E-state index contributed by atoms with van der Waals surface area (Å²) < 4.78 is 55.8. The van der Waals surface area contributed by atoms with Gasteiger partial charge in [-0.15, -0.1) is 0 Å². The number of rotatable bonds is 17. The van der Waals surface area contributed by atoms with Crippen molar-refractivity contribution in [2.24, 2.45) is 0 Å². The fourth-order valence-electron chi connectivity index (χ4n) is 7.88. The van der Waals surface area contributed by atoms with E-state index in [-0.39, 0.29) is 33.4 Å². The monoisotopic (exact) mass is 966 g/mol. The van der Waals surface area contributed by atoms with E-state index in [0.29, 0.717) is 0 Å². The summed E-state index contributed by atoms with van der Waals surface area (Å²) in [5.41, 5.74) is 0.185. The molecule has 0 radical (unpaired) electrons. The number of carbonyl (C=O) groups excluding carboxylic acids is 6. The van der Waals surface area contributed by atoms with E-state index >= 15 is 0 Å². The zero-order chi connectivity index (χ0) is 49.7. The zero-order valence-electron chi connectivity index (χ0n) is 37.6. The minimum atomic E-state index is -2.70. The fourth-order valence-corrected chi connectivity index (χ4v) is 7.88. The Hall–Kier alpha value is -8.06. The van der Waals surface area contributed by atoms with Gasteiger partial charge >= 0.3 is 35.8 Å². The van der Waals surface area contributed by atoms with E-state index < -0.39 is 110 Å².